The van der Waals surface area contributed by atoms with Gasteiger partial charge in [0.15, 0.2) is 0 Å². The highest BCUT2D eigenvalue weighted by Gasteiger charge is 2.24. The molecular formula is C31H38ClNO6S. The summed E-state index contributed by atoms with van der Waals surface area (Å²) in [5, 5.41) is 0.733. The Labute approximate surface area is 242 Å². The summed E-state index contributed by atoms with van der Waals surface area (Å²) < 4.78 is 41.1. The number of benzene rings is 3. The highest BCUT2D eigenvalue weighted by atomic mass is 35.5. The number of piperidine rings is 1. The van der Waals surface area contributed by atoms with E-state index < -0.39 is 10.1 Å². The number of carbonyl (C=O) groups excluding carboxylic acids is 1. The molecule has 216 valence electrons. The van der Waals surface area contributed by atoms with Crippen molar-refractivity contribution >= 4 is 27.7 Å². The van der Waals surface area contributed by atoms with Crippen LogP contribution in [0.2, 0.25) is 5.02 Å². The smallest absolute Gasteiger partial charge is 0.305 e. The van der Waals surface area contributed by atoms with Crippen molar-refractivity contribution in [1.29, 1.82) is 0 Å². The standard InChI is InChI=1S/C24H30ClNO3.C7H8O3S/c1-2-28-23(27)9-6-16-26-17-14-22(15-18-26)29-24(19-7-4-3-5-8-19)20-10-12-21(25)13-11-20;1-6-2-4-7(5-3-6)11(8,9)10/h3-5,7-8,10-13,22,24H,2,6,9,14-18H2,1H3;2-5H,1H3,(H,8,9,10). The molecule has 0 spiro atoms. The summed E-state index contributed by atoms with van der Waals surface area (Å²) in [4.78, 5) is 13.8. The Hall–Kier alpha value is -2.75. The van der Waals surface area contributed by atoms with Crippen molar-refractivity contribution in [3.05, 3.63) is 101 Å². The van der Waals surface area contributed by atoms with Crippen molar-refractivity contribution in [2.24, 2.45) is 0 Å². The highest BCUT2D eigenvalue weighted by molar-refractivity contribution is 7.85. The van der Waals surface area contributed by atoms with Gasteiger partial charge >= 0.3 is 5.97 Å². The van der Waals surface area contributed by atoms with Gasteiger partial charge in [0.2, 0.25) is 0 Å². The molecular weight excluding hydrogens is 550 g/mol. The monoisotopic (exact) mass is 587 g/mol. The molecule has 7 nitrogen and oxygen atoms in total. The van der Waals surface area contributed by atoms with Crippen molar-refractivity contribution < 1.29 is 27.2 Å². The maximum Gasteiger partial charge on any atom is 0.305 e. The molecule has 0 aliphatic carbocycles. The fourth-order valence-electron chi connectivity index (χ4n) is 4.47. The van der Waals surface area contributed by atoms with Gasteiger partial charge < -0.3 is 14.4 Å². The number of ether oxygens (including phenoxy) is 2. The molecule has 0 saturated carbocycles. The number of hydrogen-bond acceptors (Lipinski definition) is 6. The zero-order valence-corrected chi connectivity index (χ0v) is 24.6. The van der Waals surface area contributed by atoms with E-state index in [0.29, 0.717) is 13.0 Å². The molecule has 1 atom stereocenters. The fraction of sp³-hybridized carbons (Fsp3) is 0.387. The average Bonchev–Trinajstić information content (AvgIpc) is 2.94. The first-order valence-corrected chi connectivity index (χ1v) is 15.4. The minimum absolute atomic E-state index is 0.0666. The summed E-state index contributed by atoms with van der Waals surface area (Å²) in [7, 11) is -4.02. The third-order valence-electron chi connectivity index (χ3n) is 6.62. The topological polar surface area (TPSA) is 93.1 Å². The van der Waals surface area contributed by atoms with E-state index in [-0.39, 0.29) is 23.1 Å². The Morgan fingerprint density at radius 2 is 1.57 bits per heavy atom. The largest absolute Gasteiger partial charge is 0.466 e. The molecule has 1 saturated heterocycles. The summed E-state index contributed by atoms with van der Waals surface area (Å²) in [5.41, 5.74) is 3.24. The second-order valence-corrected chi connectivity index (χ2v) is 11.6. The lowest BCUT2D eigenvalue weighted by Crippen LogP contribution is -2.38. The quantitative estimate of drug-likeness (QED) is 0.214. The maximum absolute atomic E-state index is 11.5. The Morgan fingerprint density at radius 3 is 2.15 bits per heavy atom. The Balaban J connectivity index is 0.000000336. The lowest BCUT2D eigenvalue weighted by atomic mass is 10.00. The van der Waals surface area contributed by atoms with Crippen LogP contribution in [-0.2, 0) is 24.4 Å². The minimum atomic E-state index is -4.02. The zero-order chi connectivity index (χ0) is 29.0. The number of nitrogens with zero attached hydrogens (tertiary/aromatic N) is 1. The Kier molecular flexibility index (Phi) is 12.6. The second kappa shape index (κ2) is 15.9. The number of carbonyl (C=O) groups is 1. The van der Waals surface area contributed by atoms with Gasteiger partial charge in [0, 0.05) is 24.5 Å². The van der Waals surface area contributed by atoms with E-state index in [4.69, 9.17) is 25.6 Å². The minimum Gasteiger partial charge on any atom is -0.466 e. The molecule has 1 heterocycles. The number of likely N-dealkylation sites (tertiary alicyclic amines) is 1. The molecule has 3 aromatic carbocycles. The van der Waals surface area contributed by atoms with E-state index in [1.54, 1.807) is 12.1 Å². The van der Waals surface area contributed by atoms with E-state index in [0.717, 1.165) is 60.6 Å². The van der Waals surface area contributed by atoms with Crippen LogP contribution < -0.4 is 0 Å². The van der Waals surface area contributed by atoms with Gasteiger partial charge in [0.05, 0.1) is 17.6 Å². The highest BCUT2D eigenvalue weighted by Crippen LogP contribution is 2.30. The molecule has 0 radical (unpaired) electrons. The van der Waals surface area contributed by atoms with Gasteiger partial charge in [0.1, 0.15) is 6.10 Å². The molecule has 1 N–H and O–H groups in total. The van der Waals surface area contributed by atoms with E-state index in [2.05, 4.69) is 17.0 Å². The maximum atomic E-state index is 11.5. The zero-order valence-electron chi connectivity index (χ0n) is 23.0. The van der Waals surface area contributed by atoms with Crippen LogP contribution in [0.3, 0.4) is 0 Å². The van der Waals surface area contributed by atoms with Gasteiger partial charge in [-0.25, -0.2) is 0 Å². The van der Waals surface area contributed by atoms with Crippen LogP contribution in [0.5, 0.6) is 0 Å². The van der Waals surface area contributed by atoms with Crippen LogP contribution in [0.25, 0.3) is 0 Å². The number of aryl methyl sites for hydroxylation is 1. The van der Waals surface area contributed by atoms with Crippen LogP contribution in [0, 0.1) is 6.92 Å². The first-order valence-electron chi connectivity index (χ1n) is 13.5. The van der Waals surface area contributed by atoms with Gasteiger partial charge in [-0.05, 0) is 75.0 Å². The molecule has 1 aliphatic rings. The molecule has 4 rings (SSSR count). The average molecular weight is 588 g/mol. The summed E-state index contributed by atoms with van der Waals surface area (Å²) in [6, 6.07) is 24.3. The normalized spacial score (nSPS) is 15.1. The van der Waals surface area contributed by atoms with Crippen molar-refractivity contribution in [2.75, 3.05) is 26.2 Å². The van der Waals surface area contributed by atoms with Crippen molar-refractivity contribution in [2.45, 2.75) is 56.6 Å². The molecule has 1 aliphatic heterocycles. The van der Waals surface area contributed by atoms with E-state index in [1.165, 1.54) is 12.1 Å². The molecule has 9 heteroatoms. The fourth-order valence-corrected chi connectivity index (χ4v) is 5.07. The van der Waals surface area contributed by atoms with Gasteiger partial charge in [-0.15, -0.1) is 0 Å². The van der Waals surface area contributed by atoms with Crippen molar-refractivity contribution in [3.63, 3.8) is 0 Å². The molecule has 40 heavy (non-hydrogen) atoms. The van der Waals surface area contributed by atoms with Crippen molar-refractivity contribution in [1.82, 2.24) is 4.90 Å². The SMILES string of the molecule is CCOC(=O)CCCN1CCC(OC(c2ccccc2)c2ccc(Cl)cc2)CC1.Cc1ccc(S(=O)(=O)O)cc1. The molecule has 0 amide bonds. The second-order valence-electron chi connectivity index (χ2n) is 9.72. The van der Waals surface area contributed by atoms with Gasteiger partial charge in [-0.1, -0.05) is 71.8 Å². The first-order chi connectivity index (χ1) is 19.2. The van der Waals surface area contributed by atoms with Crippen LogP contribution in [-0.4, -0.2) is 56.2 Å². The van der Waals surface area contributed by atoms with Crippen LogP contribution in [0.1, 0.15) is 55.4 Å². The third kappa shape index (κ3) is 10.7. The Bertz CT molecular complexity index is 1280. The van der Waals surface area contributed by atoms with Gasteiger partial charge in [0.25, 0.3) is 10.1 Å². The number of esters is 1. The molecule has 1 fully saturated rings. The van der Waals surface area contributed by atoms with Crippen LogP contribution in [0.15, 0.2) is 83.8 Å². The number of halogens is 1. The lowest BCUT2D eigenvalue weighted by Gasteiger charge is -2.34. The van der Waals surface area contributed by atoms with E-state index in [9.17, 15) is 13.2 Å². The van der Waals surface area contributed by atoms with Gasteiger partial charge in [-0.2, -0.15) is 8.42 Å². The number of rotatable bonds is 10. The molecule has 0 aromatic heterocycles. The summed E-state index contributed by atoms with van der Waals surface area (Å²) >= 11 is 6.07. The van der Waals surface area contributed by atoms with Crippen LogP contribution in [0.4, 0.5) is 0 Å². The lowest BCUT2D eigenvalue weighted by molar-refractivity contribution is -0.143. The number of hydrogen-bond donors (Lipinski definition) is 1. The van der Waals surface area contributed by atoms with E-state index >= 15 is 0 Å². The predicted molar refractivity (Wildman–Crippen MR) is 157 cm³/mol. The van der Waals surface area contributed by atoms with Crippen LogP contribution >= 0.6 is 11.6 Å². The van der Waals surface area contributed by atoms with Gasteiger partial charge in [-0.3, -0.25) is 9.35 Å². The predicted octanol–water partition coefficient (Wildman–Crippen LogP) is 6.50. The van der Waals surface area contributed by atoms with Crippen molar-refractivity contribution in [3.8, 4) is 0 Å². The summed E-state index contributed by atoms with van der Waals surface area (Å²) in [6.07, 6.45) is 3.47. The summed E-state index contributed by atoms with van der Waals surface area (Å²) in [5.74, 6) is -0.0978. The molecule has 3 aromatic rings. The Morgan fingerprint density at radius 1 is 0.975 bits per heavy atom. The first kappa shape index (κ1) is 31.8. The third-order valence-corrected chi connectivity index (χ3v) is 7.74. The molecule has 1 unspecified atom stereocenters. The van der Waals surface area contributed by atoms with E-state index in [1.807, 2.05) is 56.3 Å². The summed E-state index contributed by atoms with van der Waals surface area (Å²) in [6.45, 7) is 7.07. The molecule has 0 bridgehead atoms.